The number of thioether (sulfide) groups is 1. The smallest absolute Gasteiger partial charge is 0.416 e. The van der Waals surface area contributed by atoms with Crippen LogP contribution < -0.4 is 5.56 Å². The van der Waals surface area contributed by atoms with Crippen molar-refractivity contribution in [3.05, 3.63) is 34.6 Å². The second-order valence-electron chi connectivity index (χ2n) is 6.47. The second-order valence-corrected chi connectivity index (χ2v) is 7.42. The zero-order valence-electron chi connectivity index (χ0n) is 14.2. The van der Waals surface area contributed by atoms with Crippen LogP contribution in [-0.4, -0.2) is 45.4 Å². The maximum absolute atomic E-state index is 13.0. The van der Waals surface area contributed by atoms with Crippen LogP contribution in [0.1, 0.15) is 31.7 Å². The van der Waals surface area contributed by atoms with E-state index in [-0.39, 0.29) is 36.4 Å². The average molecular weight is 373 g/mol. The van der Waals surface area contributed by atoms with E-state index in [0.29, 0.717) is 16.1 Å². The lowest BCUT2D eigenvalue weighted by atomic mass is 10.2. The van der Waals surface area contributed by atoms with E-state index in [1.807, 2.05) is 12.1 Å². The van der Waals surface area contributed by atoms with E-state index in [0.717, 1.165) is 30.6 Å². The normalized spacial score (nSPS) is 17.8. The number of benzene rings is 1. The molecule has 2 fully saturated rings. The third-order valence-corrected chi connectivity index (χ3v) is 5.79. The van der Waals surface area contributed by atoms with Crippen molar-refractivity contribution in [2.75, 3.05) is 18.9 Å². The van der Waals surface area contributed by atoms with E-state index in [1.54, 1.807) is 16.7 Å². The molecular formula is C18H19N3O4S. The number of carbonyl (C=O) groups excluding carboxylic acids is 2. The van der Waals surface area contributed by atoms with E-state index in [1.165, 1.54) is 11.8 Å². The van der Waals surface area contributed by atoms with Gasteiger partial charge in [-0.1, -0.05) is 36.7 Å². The summed E-state index contributed by atoms with van der Waals surface area (Å²) in [5, 5.41) is 1.14. The van der Waals surface area contributed by atoms with Crippen LogP contribution in [0.2, 0.25) is 0 Å². The molecule has 8 heteroatoms. The maximum atomic E-state index is 13.0. The number of carbonyl (C=O) groups is 2. The first-order chi connectivity index (χ1) is 12.6. The Hall–Kier alpha value is -2.35. The fourth-order valence-electron chi connectivity index (χ4n) is 3.54. The van der Waals surface area contributed by atoms with Gasteiger partial charge in [0.05, 0.1) is 23.2 Å². The average Bonchev–Trinajstić information content (AvgIpc) is 3.31. The van der Waals surface area contributed by atoms with Gasteiger partial charge in [-0.2, -0.15) is 0 Å². The van der Waals surface area contributed by atoms with Gasteiger partial charge in [0.15, 0.2) is 5.16 Å². The van der Waals surface area contributed by atoms with Gasteiger partial charge in [0.2, 0.25) is 5.91 Å². The molecular weight excluding hydrogens is 354 g/mol. The van der Waals surface area contributed by atoms with E-state index in [2.05, 4.69) is 4.98 Å². The number of cyclic esters (lactones) is 1. The van der Waals surface area contributed by atoms with Crippen LogP contribution in [0.3, 0.4) is 0 Å². The summed E-state index contributed by atoms with van der Waals surface area (Å²) in [6.45, 7) is 0.509. The lowest BCUT2D eigenvalue weighted by Crippen LogP contribution is -2.33. The number of hydrogen-bond acceptors (Lipinski definition) is 6. The Labute approximate surface area is 154 Å². The molecule has 0 N–H and O–H groups in total. The SMILES string of the molecule is O=C(CSc1nc2ccccc2c(=O)n1C1CCCC1)N1CCOC1=O. The second kappa shape index (κ2) is 7.11. The fourth-order valence-corrected chi connectivity index (χ4v) is 4.48. The van der Waals surface area contributed by atoms with Crippen molar-refractivity contribution < 1.29 is 14.3 Å². The molecule has 136 valence electrons. The number of aromatic nitrogens is 2. The van der Waals surface area contributed by atoms with E-state index in [9.17, 15) is 14.4 Å². The number of imide groups is 1. The molecule has 2 heterocycles. The van der Waals surface area contributed by atoms with Crippen LogP contribution in [0.15, 0.2) is 34.2 Å². The van der Waals surface area contributed by atoms with Gasteiger partial charge in [-0.25, -0.2) is 14.7 Å². The van der Waals surface area contributed by atoms with Crippen LogP contribution in [0.4, 0.5) is 4.79 Å². The van der Waals surface area contributed by atoms with Gasteiger partial charge in [0.25, 0.3) is 5.56 Å². The van der Waals surface area contributed by atoms with Crippen molar-refractivity contribution in [2.24, 2.45) is 0 Å². The Morgan fingerprint density at radius 1 is 1.23 bits per heavy atom. The van der Waals surface area contributed by atoms with Crippen LogP contribution >= 0.6 is 11.8 Å². The standard InChI is InChI=1S/C18H19N3O4S/c22-15(20-9-10-25-18(20)24)11-26-17-19-14-8-4-3-7-13(14)16(23)21(17)12-5-1-2-6-12/h3-4,7-8,12H,1-2,5-6,9-11H2. The molecule has 2 amide bonds. The Bertz CT molecular complexity index is 920. The molecule has 0 spiro atoms. The minimum Gasteiger partial charge on any atom is -0.447 e. The van der Waals surface area contributed by atoms with Crippen LogP contribution in [0.5, 0.6) is 0 Å². The van der Waals surface area contributed by atoms with E-state index in [4.69, 9.17) is 4.74 Å². The van der Waals surface area contributed by atoms with Crippen molar-refractivity contribution in [3.8, 4) is 0 Å². The summed E-state index contributed by atoms with van der Waals surface area (Å²) < 4.78 is 6.55. The zero-order chi connectivity index (χ0) is 18.1. The quantitative estimate of drug-likeness (QED) is 0.605. The minimum absolute atomic E-state index is 0.0482. The molecule has 4 rings (SSSR count). The summed E-state index contributed by atoms with van der Waals surface area (Å²) in [6.07, 6.45) is 3.47. The van der Waals surface area contributed by atoms with Crippen LogP contribution in [-0.2, 0) is 9.53 Å². The highest BCUT2D eigenvalue weighted by Gasteiger charge is 2.29. The van der Waals surface area contributed by atoms with Crippen molar-refractivity contribution in [3.63, 3.8) is 0 Å². The van der Waals surface area contributed by atoms with Gasteiger partial charge in [-0.15, -0.1) is 0 Å². The molecule has 1 aliphatic carbocycles. The zero-order valence-corrected chi connectivity index (χ0v) is 15.0. The van der Waals surface area contributed by atoms with Crippen molar-refractivity contribution >= 4 is 34.7 Å². The van der Waals surface area contributed by atoms with Crippen LogP contribution in [0.25, 0.3) is 10.9 Å². The highest BCUT2D eigenvalue weighted by Crippen LogP contribution is 2.32. The Morgan fingerprint density at radius 2 is 2.00 bits per heavy atom. The molecule has 7 nitrogen and oxygen atoms in total. The number of fused-ring (bicyclic) bond motifs is 1. The third kappa shape index (κ3) is 3.09. The number of para-hydroxylation sites is 1. The summed E-state index contributed by atoms with van der Waals surface area (Å²) in [5.74, 6) is -0.273. The number of hydrogen-bond donors (Lipinski definition) is 0. The van der Waals surface area contributed by atoms with Gasteiger partial charge in [0.1, 0.15) is 6.61 Å². The molecule has 0 unspecified atom stereocenters. The first-order valence-corrected chi connectivity index (χ1v) is 9.75. The first-order valence-electron chi connectivity index (χ1n) is 8.76. The molecule has 2 aliphatic rings. The molecule has 0 radical (unpaired) electrons. The highest BCUT2D eigenvalue weighted by atomic mass is 32.2. The summed E-state index contributed by atoms with van der Waals surface area (Å²) in [7, 11) is 0. The molecule has 1 saturated carbocycles. The van der Waals surface area contributed by atoms with Crippen molar-refractivity contribution in [1.82, 2.24) is 14.5 Å². The number of rotatable bonds is 4. The van der Waals surface area contributed by atoms with Gasteiger partial charge in [0, 0.05) is 6.04 Å². The van der Waals surface area contributed by atoms with Gasteiger partial charge in [-0.05, 0) is 25.0 Å². The predicted molar refractivity (Wildman–Crippen MR) is 97.3 cm³/mol. The lowest BCUT2D eigenvalue weighted by molar-refractivity contribution is -0.125. The lowest BCUT2D eigenvalue weighted by Gasteiger charge is -2.19. The fraction of sp³-hybridized carbons (Fsp3) is 0.444. The van der Waals surface area contributed by atoms with Crippen molar-refractivity contribution in [1.29, 1.82) is 0 Å². The predicted octanol–water partition coefficient (Wildman–Crippen LogP) is 2.58. The van der Waals surface area contributed by atoms with Gasteiger partial charge < -0.3 is 4.74 Å². The number of ether oxygens (including phenoxy) is 1. The highest BCUT2D eigenvalue weighted by molar-refractivity contribution is 7.99. The van der Waals surface area contributed by atoms with E-state index >= 15 is 0 Å². The summed E-state index contributed by atoms with van der Waals surface area (Å²) >= 11 is 1.21. The molecule has 1 aliphatic heterocycles. The molecule has 1 aromatic heterocycles. The molecule has 2 aromatic rings. The minimum atomic E-state index is -0.602. The van der Waals surface area contributed by atoms with Gasteiger partial charge >= 0.3 is 6.09 Å². The molecule has 0 bridgehead atoms. The topological polar surface area (TPSA) is 81.5 Å². The van der Waals surface area contributed by atoms with Crippen LogP contribution in [0, 0.1) is 0 Å². The molecule has 1 saturated heterocycles. The Morgan fingerprint density at radius 3 is 2.73 bits per heavy atom. The summed E-state index contributed by atoms with van der Waals surface area (Å²) in [6, 6.07) is 7.39. The molecule has 26 heavy (non-hydrogen) atoms. The summed E-state index contributed by atoms with van der Waals surface area (Å²) in [5.41, 5.74) is 0.570. The Balaban J connectivity index is 1.66. The van der Waals surface area contributed by atoms with Crippen molar-refractivity contribution in [2.45, 2.75) is 36.9 Å². The molecule has 1 aromatic carbocycles. The summed E-state index contributed by atoms with van der Waals surface area (Å²) in [4.78, 5) is 42.6. The Kier molecular flexibility index (Phi) is 4.67. The van der Waals surface area contributed by atoms with E-state index < -0.39 is 6.09 Å². The third-order valence-electron chi connectivity index (χ3n) is 4.85. The monoisotopic (exact) mass is 373 g/mol. The number of amides is 2. The maximum Gasteiger partial charge on any atom is 0.416 e. The first kappa shape index (κ1) is 17.1. The van der Waals surface area contributed by atoms with Gasteiger partial charge in [-0.3, -0.25) is 14.2 Å². The largest absolute Gasteiger partial charge is 0.447 e. The number of nitrogens with zero attached hydrogens (tertiary/aromatic N) is 3. The molecule has 0 atom stereocenters.